The number of benzene rings is 1. The van der Waals surface area contributed by atoms with E-state index in [0.29, 0.717) is 10.9 Å². The molecule has 2 heterocycles. The highest BCUT2D eigenvalue weighted by atomic mass is 35.5. The van der Waals surface area contributed by atoms with Crippen LogP contribution in [-0.4, -0.2) is 57.8 Å². The van der Waals surface area contributed by atoms with Gasteiger partial charge in [-0.2, -0.15) is 0 Å². The Labute approximate surface area is 157 Å². The molecule has 1 unspecified atom stereocenters. The molecule has 1 aliphatic rings. The number of nitrogens with one attached hydrogen (secondary N) is 1. The summed E-state index contributed by atoms with van der Waals surface area (Å²) in [7, 11) is 1.33. The highest BCUT2D eigenvalue weighted by Gasteiger charge is 2.45. The van der Waals surface area contributed by atoms with Gasteiger partial charge in [0.1, 0.15) is 23.5 Å². The maximum Gasteiger partial charge on any atom is 0.216 e. The number of methoxy groups -OCH3 is 1. The second-order valence-corrected chi connectivity index (χ2v) is 6.75. The van der Waals surface area contributed by atoms with Crippen LogP contribution < -0.4 is 0 Å². The molecular weight excluding hydrogens is 395 g/mol. The molecule has 136 valence electrons. The van der Waals surface area contributed by atoms with E-state index in [0.717, 1.165) is 0 Å². The lowest BCUT2D eigenvalue weighted by molar-refractivity contribution is -0.0505. The first-order valence-electron chi connectivity index (χ1n) is 7.25. The standard InChI is InChI=1S/C15H15Cl3N2O5/c1-24-14(19)10-5-2-6(16)7(17)3-8(5)20(13(10)18)15-12(23)11(22)9(4-21)25-15/h2-3,9,11-12,15,19,21-23H,4H2,1H3/t9-,11-,12-,15?/m1/s1. The molecule has 0 radical (unpaired) electrons. The topological polar surface area (TPSA) is 108 Å². The number of aliphatic hydroxyl groups excluding tert-OH is 3. The number of rotatable bonds is 3. The zero-order valence-electron chi connectivity index (χ0n) is 12.9. The SMILES string of the molecule is COC(=N)c1c(Cl)n(C2O[C@H](CO)[C@@H](O)[C@H]2O)c2cc(Cl)c(Cl)cc12. The lowest BCUT2D eigenvalue weighted by Crippen LogP contribution is -2.33. The highest BCUT2D eigenvalue weighted by molar-refractivity contribution is 6.43. The van der Waals surface area contributed by atoms with Crippen molar-refractivity contribution in [1.29, 1.82) is 5.41 Å². The molecule has 0 spiro atoms. The molecule has 3 rings (SSSR count). The molecule has 1 aromatic heterocycles. The molecule has 7 nitrogen and oxygen atoms in total. The first-order valence-corrected chi connectivity index (χ1v) is 8.39. The Morgan fingerprint density at radius 2 is 1.88 bits per heavy atom. The van der Waals surface area contributed by atoms with Crippen LogP contribution >= 0.6 is 34.8 Å². The van der Waals surface area contributed by atoms with Crippen molar-refractivity contribution in [2.24, 2.45) is 0 Å². The van der Waals surface area contributed by atoms with Gasteiger partial charge in [0.25, 0.3) is 0 Å². The molecule has 0 bridgehead atoms. The van der Waals surface area contributed by atoms with Crippen LogP contribution in [0.3, 0.4) is 0 Å². The molecule has 2 aromatic rings. The third-order valence-electron chi connectivity index (χ3n) is 4.19. The molecule has 0 saturated carbocycles. The van der Waals surface area contributed by atoms with Gasteiger partial charge in [0.15, 0.2) is 6.23 Å². The average Bonchev–Trinajstić information content (AvgIpc) is 3.01. The molecule has 4 N–H and O–H groups in total. The monoisotopic (exact) mass is 408 g/mol. The summed E-state index contributed by atoms with van der Waals surface area (Å²) in [6.45, 7) is -0.473. The fraction of sp³-hybridized carbons (Fsp3) is 0.400. The summed E-state index contributed by atoms with van der Waals surface area (Å²) in [5, 5.41) is 38.6. The Morgan fingerprint density at radius 3 is 2.44 bits per heavy atom. The van der Waals surface area contributed by atoms with E-state index in [2.05, 4.69) is 0 Å². The minimum atomic E-state index is -1.34. The summed E-state index contributed by atoms with van der Waals surface area (Å²) in [5.74, 6) is -0.209. The quantitative estimate of drug-likeness (QED) is 0.459. The lowest BCUT2D eigenvalue weighted by atomic mass is 10.1. The summed E-state index contributed by atoms with van der Waals surface area (Å²) in [4.78, 5) is 0. The van der Waals surface area contributed by atoms with E-state index in [1.54, 1.807) is 0 Å². The Bertz CT molecular complexity index is 840. The van der Waals surface area contributed by atoms with Gasteiger partial charge in [-0.3, -0.25) is 5.41 Å². The average molecular weight is 410 g/mol. The molecule has 25 heavy (non-hydrogen) atoms. The summed E-state index contributed by atoms with van der Waals surface area (Å²) in [5.41, 5.74) is 0.682. The van der Waals surface area contributed by atoms with Crippen molar-refractivity contribution in [3.8, 4) is 0 Å². The fourth-order valence-corrected chi connectivity index (χ4v) is 3.63. The highest BCUT2D eigenvalue weighted by Crippen LogP contribution is 2.41. The summed E-state index contributed by atoms with van der Waals surface area (Å²) in [6.07, 6.45) is -4.69. The Hall–Kier alpha value is -1.06. The molecule has 1 saturated heterocycles. The lowest BCUT2D eigenvalue weighted by Gasteiger charge is -2.19. The van der Waals surface area contributed by atoms with Crippen molar-refractivity contribution in [1.82, 2.24) is 4.57 Å². The number of aromatic nitrogens is 1. The molecule has 10 heteroatoms. The maximum atomic E-state index is 10.3. The van der Waals surface area contributed by atoms with E-state index in [-0.39, 0.29) is 26.7 Å². The van der Waals surface area contributed by atoms with Crippen LogP contribution in [0.15, 0.2) is 12.1 Å². The minimum absolute atomic E-state index is 0.0509. The second-order valence-electron chi connectivity index (χ2n) is 5.58. The maximum absolute atomic E-state index is 10.3. The van der Waals surface area contributed by atoms with Crippen molar-refractivity contribution >= 4 is 51.6 Å². The second kappa shape index (κ2) is 6.92. The molecule has 1 aromatic carbocycles. The van der Waals surface area contributed by atoms with Gasteiger partial charge < -0.3 is 29.4 Å². The van der Waals surface area contributed by atoms with Crippen LogP contribution in [0.4, 0.5) is 0 Å². The third kappa shape index (κ3) is 2.90. The van der Waals surface area contributed by atoms with E-state index in [9.17, 15) is 15.3 Å². The van der Waals surface area contributed by atoms with Gasteiger partial charge in [-0.05, 0) is 12.1 Å². The van der Waals surface area contributed by atoms with Gasteiger partial charge in [-0.15, -0.1) is 0 Å². The van der Waals surface area contributed by atoms with Crippen molar-refractivity contribution < 1.29 is 24.8 Å². The first kappa shape index (κ1) is 18.7. The summed E-state index contributed by atoms with van der Waals surface area (Å²) < 4.78 is 11.9. The third-order valence-corrected chi connectivity index (χ3v) is 5.28. The Balaban J connectivity index is 2.27. The van der Waals surface area contributed by atoms with E-state index >= 15 is 0 Å². The number of halogens is 3. The molecule has 1 aliphatic heterocycles. The van der Waals surface area contributed by atoms with E-state index in [1.807, 2.05) is 0 Å². The van der Waals surface area contributed by atoms with Crippen molar-refractivity contribution in [2.45, 2.75) is 24.5 Å². The van der Waals surface area contributed by atoms with Crippen LogP contribution in [0.25, 0.3) is 10.9 Å². The molecule has 0 aliphatic carbocycles. The molecular formula is C15H15Cl3N2O5. The van der Waals surface area contributed by atoms with Crippen LogP contribution in [-0.2, 0) is 9.47 Å². The van der Waals surface area contributed by atoms with Gasteiger partial charge in [0.2, 0.25) is 5.90 Å². The smallest absolute Gasteiger partial charge is 0.216 e. The predicted molar refractivity (Wildman–Crippen MR) is 93.8 cm³/mol. The zero-order valence-corrected chi connectivity index (χ0v) is 15.2. The summed E-state index contributed by atoms with van der Waals surface area (Å²) in [6, 6.07) is 3.05. The first-order chi connectivity index (χ1) is 11.8. The van der Waals surface area contributed by atoms with Gasteiger partial charge >= 0.3 is 0 Å². The number of aliphatic hydroxyl groups is 3. The predicted octanol–water partition coefficient (Wildman–Crippen LogP) is 2.18. The molecule has 0 amide bonds. The number of nitrogens with zero attached hydrogens (tertiary/aromatic N) is 1. The number of hydrogen-bond acceptors (Lipinski definition) is 6. The van der Waals surface area contributed by atoms with Crippen molar-refractivity contribution in [2.75, 3.05) is 13.7 Å². The van der Waals surface area contributed by atoms with E-state index < -0.39 is 31.1 Å². The van der Waals surface area contributed by atoms with Crippen LogP contribution in [0.2, 0.25) is 15.2 Å². The molecule has 1 fully saturated rings. The van der Waals surface area contributed by atoms with Crippen LogP contribution in [0.1, 0.15) is 11.8 Å². The van der Waals surface area contributed by atoms with Crippen molar-refractivity contribution in [3.63, 3.8) is 0 Å². The van der Waals surface area contributed by atoms with Gasteiger partial charge in [-0.25, -0.2) is 0 Å². The van der Waals surface area contributed by atoms with Gasteiger partial charge in [0.05, 0.1) is 34.8 Å². The van der Waals surface area contributed by atoms with E-state index in [4.69, 9.17) is 49.7 Å². The molecule has 4 atom stereocenters. The van der Waals surface area contributed by atoms with Gasteiger partial charge in [-0.1, -0.05) is 34.8 Å². The zero-order chi connectivity index (χ0) is 18.5. The normalized spacial score (nSPS) is 26.4. The number of hydrogen-bond donors (Lipinski definition) is 4. The number of fused-ring (bicyclic) bond motifs is 1. The largest absolute Gasteiger partial charge is 0.481 e. The van der Waals surface area contributed by atoms with Crippen molar-refractivity contribution in [3.05, 3.63) is 32.9 Å². The Morgan fingerprint density at radius 1 is 1.24 bits per heavy atom. The number of ether oxygens (including phenoxy) is 2. The van der Waals surface area contributed by atoms with E-state index in [1.165, 1.54) is 23.8 Å². The minimum Gasteiger partial charge on any atom is -0.481 e. The Kier molecular flexibility index (Phi) is 5.18. The fourth-order valence-electron chi connectivity index (χ4n) is 2.93. The summed E-state index contributed by atoms with van der Waals surface area (Å²) >= 11 is 18.6. The van der Waals surface area contributed by atoms with Crippen LogP contribution in [0, 0.1) is 5.41 Å². The van der Waals surface area contributed by atoms with Crippen LogP contribution in [0.5, 0.6) is 0 Å². The van der Waals surface area contributed by atoms with Gasteiger partial charge in [0, 0.05) is 5.39 Å².